The first-order valence-corrected chi connectivity index (χ1v) is 6.99. The normalized spacial score (nSPS) is 16.1. The summed E-state index contributed by atoms with van der Waals surface area (Å²) in [6, 6.07) is 1.71. The van der Waals surface area contributed by atoms with Crippen molar-refractivity contribution in [2.75, 3.05) is 19.6 Å². The predicted octanol–water partition coefficient (Wildman–Crippen LogP) is 0.521. The molecule has 0 spiro atoms. The van der Waals surface area contributed by atoms with Crippen molar-refractivity contribution in [1.82, 2.24) is 10.2 Å². The molecule has 0 atom stereocenters. The van der Waals surface area contributed by atoms with Gasteiger partial charge in [0.25, 0.3) is 5.91 Å². The van der Waals surface area contributed by atoms with E-state index in [0.29, 0.717) is 17.7 Å². The van der Waals surface area contributed by atoms with Crippen LogP contribution >= 0.6 is 0 Å². The van der Waals surface area contributed by atoms with Crippen molar-refractivity contribution >= 4 is 11.8 Å². The van der Waals surface area contributed by atoms with Crippen molar-refractivity contribution in [2.24, 2.45) is 5.73 Å². The molecular weight excluding hydrogens is 258 g/mol. The minimum Gasteiger partial charge on any atom is -0.469 e. The van der Waals surface area contributed by atoms with Crippen LogP contribution in [0.2, 0.25) is 0 Å². The van der Waals surface area contributed by atoms with Crippen LogP contribution in [-0.2, 0) is 11.2 Å². The molecule has 0 bridgehead atoms. The highest BCUT2D eigenvalue weighted by Gasteiger charge is 2.29. The van der Waals surface area contributed by atoms with Gasteiger partial charge in [-0.05, 0) is 32.0 Å². The molecule has 0 aliphatic carbocycles. The topological polar surface area (TPSA) is 88.6 Å². The number of hydrogen-bond donors (Lipinski definition) is 2. The number of primary amides is 1. The lowest BCUT2D eigenvalue weighted by molar-refractivity contribution is -0.119. The highest BCUT2D eigenvalue weighted by Crippen LogP contribution is 2.19. The Balaban J connectivity index is 2.21. The molecule has 0 aromatic carbocycles. The molecule has 6 nitrogen and oxygen atoms in total. The van der Waals surface area contributed by atoms with Crippen molar-refractivity contribution in [1.29, 1.82) is 0 Å². The summed E-state index contributed by atoms with van der Waals surface area (Å²) >= 11 is 0. The molecule has 0 saturated carbocycles. The standard InChI is InChI=1S/C14H21N3O3/c1-2-12-11(5-8-20-12)14(19)17(9-13(15)18)10-3-6-16-7-4-10/h5,8,10,16H,2-4,6-7,9H2,1H3,(H2,15,18). The number of nitrogens with one attached hydrogen (secondary N) is 1. The zero-order valence-electron chi connectivity index (χ0n) is 11.7. The van der Waals surface area contributed by atoms with Gasteiger partial charge >= 0.3 is 0 Å². The monoisotopic (exact) mass is 279 g/mol. The first-order chi connectivity index (χ1) is 9.63. The van der Waals surface area contributed by atoms with Crippen LogP contribution in [0.25, 0.3) is 0 Å². The average molecular weight is 279 g/mol. The van der Waals surface area contributed by atoms with E-state index in [0.717, 1.165) is 25.9 Å². The summed E-state index contributed by atoms with van der Waals surface area (Å²) in [7, 11) is 0. The molecule has 1 fully saturated rings. The Hall–Kier alpha value is -1.82. The Kier molecular flexibility index (Phi) is 4.79. The maximum absolute atomic E-state index is 12.7. The summed E-state index contributed by atoms with van der Waals surface area (Å²) in [5.74, 6) is -0.00173. The Morgan fingerprint density at radius 1 is 1.45 bits per heavy atom. The zero-order chi connectivity index (χ0) is 14.5. The highest BCUT2D eigenvalue weighted by molar-refractivity contribution is 5.97. The predicted molar refractivity (Wildman–Crippen MR) is 74.2 cm³/mol. The number of aryl methyl sites for hydroxylation is 1. The lowest BCUT2D eigenvalue weighted by Gasteiger charge is -2.33. The fraction of sp³-hybridized carbons (Fsp3) is 0.571. The van der Waals surface area contributed by atoms with Gasteiger partial charge < -0.3 is 20.4 Å². The van der Waals surface area contributed by atoms with E-state index in [1.54, 1.807) is 11.0 Å². The second kappa shape index (κ2) is 6.56. The second-order valence-electron chi connectivity index (χ2n) is 4.99. The van der Waals surface area contributed by atoms with Gasteiger partial charge in [-0.15, -0.1) is 0 Å². The molecule has 0 radical (unpaired) electrons. The molecule has 2 rings (SSSR count). The first-order valence-electron chi connectivity index (χ1n) is 6.99. The third kappa shape index (κ3) is 3.19. The van der Waals surface area contributed by atoms with E-state index in [1.165, 1.54) is 6.26 Å². The molecule has 1 aliphatic heterocycles. The minimum absolute atomic E-state index is 0.0438. The molecule has 1 aromatic heterocycles. The lowest BCUT2D eigenvalue weighted by atomic mass is 10.0. The highest BCUT2D eigenvalue weighted by atomic mass is 16.3. The van der Waals surface area contributed by atoms with Gasteiger partial charge in [0.15, 0.2) is 0 Å². The van der Waals surface area contributed by atoms with E-state index < -0.39 is 5.91 Å². The Morgan fingerprint density at radius 2 is 2.15 bits per heavy atom. The van der Waals surface area contributed by atoms with E-state index in [4.69, 9.17) is 10.2 Å². The molecule has 2 amide bonds. The minimum atomic E-state index is -0.488. The van der Waals surface area contributed by atoms with Crippen LogP contribution in [0.4, 0.5) is 0 Å². The van der Waals surface area contributed by atoms with Crippen molar-refractivity contribution in [3.05, 3.63) is 23.7 Å². The molecule has 6 heteroatoms. The molecule has 3 N–H and O–H groups in total. The van der Waals surface area contributed by atoms with E-state index in [-0.39, 0.29) is 18.5 Å². The number of carbonyl (C=O) groups is 2. The summed E-state index contributed by atoms with van der Waals surface area (Å²) < 4.78 is 5.30. The van der Waals surface area contributed by atoms with E-state index >= 15 is 0 Å². The number of rotatable bonds is 5. The second-order valence-corrected chi connectivity index (χ2v) is 4.99. The van der Waals surface area contributed by atoms with Crippen LogP contribution in [-0.4, -0.2) is 42.4 Å². The first kappa shape index (κ1) is 14.6. The molecule has 2 heterocycles. The number of piperidine rings is 1. The van der Waals surface area contributed by atoms with Crippen LogP contribution in [0.5, 0.6) is 0 Å². The van der Waals surface area contributed by atoms with Crippen molar-refractivity contribution in [2.45, 2.75) is 32.2 Å². The summed E-state index contributed by atoms with van der Waals surface area (Å²) in [6.07, 6.45) is 3.82. The average Bonchev–Trinajstić information content (AvgIpc) is 2.93. The van der Waals surface area contributed by atoms with Crippen molar-refractivity contribution in [3.8, 4) is 0 Å². The van der Waals surface area contributed by atoms with Gasteiger partial charge in [-0.2, -0.15) is 0 Å². The van der Waals surface area contributed by atoms with Gasteiger partial charge in [-0.3, -0.25) is 9.59 Å². The SMILES string of the molecule is CCc1occc1C(=O)N(CC(N)=O)C1CCNCC1. The van der Waals surface area contributed by atoms with Gasteiger partial charge in [0, 0.05) is 12.5 Å². The van der Waals surface area contributed by atoms with E-state index in [1.807, 2.05) is 6.92 Å². The van der Waals surface area contributed by atoms with E-state index in [2.05, 4.69) is 5.32 Å². The molecule has 1 aliphatic rings. The number of furan rings is 1. The molecule has 20 heavy (non-hydrogen) atoms. The van der Waals surface area contributed by atoms with Crippen molar-refractivity contribution in [3.63, 3.8) is 0 Å². The maximum atomic E-state index is 12.7. The summed E-state index contributed by atoms with van der Waals surface area (Å²) in [5, 5.41) is 3.25. The molecule has 110 valence electrons. The zero-order valence-corrected chi connectivity index (χ0v) is 11.7. The van der Waals surface area contributed by atoms with Crippen LogP contribution in [0, 0.1) is 0 Å². The Labute approximate surface area is 118 Å². The number of carbonyl (C=O) groups excluding carboxylic acids is 2. The summed E-state index contributed by atoms with van der Waals surface area (Å²) in [5.41, 5.74) is 5.82. The fourth-order valence-electron chi connectivity index (χ4n) is 2.61. The lowest BCUT2D eigenvalue weighted by Crippen LogP contribution is -2.49. The van der Waals surface area contributed by atoms with Crippen LogP contribution < -0.4 is 11.1 Å². The number of amides is 2. The van der Waals surface area contributed by atoms with Crippen LogP contribution in [0.1, 0.15) is 35.9 Å². The molecular formula is C14H21N3O3. The number of nitrogens with two attached hydrogens (primary N) is 1. The fourth-order valence-corrected chi connectivity index (χ4v) is 2.61. The summed E-state index contributed by atoms with van der Waals surface area (Å²) in [4.78, 5) is 25.5. The van der Waals surface area contributed by atoms with Gasteiger partial charge in [0.1, 0.15) is 5.76 Å². The van der Waals surface area contributed by atoms with Gasteiger partial charge in [0.05, 0.1) is 18.4 Å². The third-order valence-electron chi connectivity index (χ3n) is 3.63. The molecule has 1 aromatic rings. The quantitative estimate of drug-likeness (QED) is 0.822. The maximum Gasteiger partial charge on any atom is 0.258 e. The smallest absolute Gasteiger partial charge is 0.258 e. The number of nitrogens with zero attached hydrogens (tertiary/aromatic N) is 1. The summed E-state index contributed by atoms with van der Waals surface area (Å²) in [6.45, 7) is 3.58. The van der Waals surface area contributed by atoms with Crippen LogP contribution in [0.3, 0.4) is 0 Å². The number of hydrogen-bond acceptors (Lipinski definition) is 4. The van der Waals surface area contributed by atoms with Gasteiger partial charge in [-0.1, -0.05) is 6.92 Å². The van der Waals surface area contributed by atoms with Gasteiger partial charge in [0.2, 0.25) is 5.91 Å². The molecule has 1 saturated heterocycles. The molecule has 0 unspecified atom stereocenters. The van der Waals surface area contributed by atoms with Crippen molar-refractivity contribution < 1.29 is 14.0 Å². The Morgan fingerprint density at radius 3 is 2.75 bits per heavy atom. The van der Waals surface area contributed by atoms with Gasteiger partial charge in [-0.25, -0.2) is 0 Å². The van der Waals surface area contributed by atoms with E-state index in [9.17, 15) is 9.59 Å². The largest absolute Gasteiger partial charge is 0.469 e. The Bertz CT molecular complexity index is 478. The van der Waals surface area contributed by atoms with Crippen LogP contribution in [0.15, 0.2) is 16.7 Å². The third-order valence-corrected chi connectivity index (χ3v) is 3.63.